The first-order chi connectivity index (χ1) is 11.9. The van der Waals surface area contributed by atoms with E-state index in [-0.39, 0.29) is 5.78 Å². The fourth-order valence-corrected chi connectivity index (χ4v) is 3.00. The van der Waals surface area contributed by atoms with E-state index in [1.807, 2.05) is 60.7 Å². The van der Waals surface area contributed by atoms with Crippen LogP contribution in [0.4, 0.5) is 0 Å². The summed E-state index contributed by atoms with van der Waals surface area (Å²) in [7, 11) is 0. The molecular formula is C22H26ClNO. The van der Waals surface area contributed by atoms with Crippen LogP contribution in [0.1, 0.15) is 43.6 Å². The van der Waals surface area contributed by atoms with Gasteiger partial charge in [0.2, 0.25) is 0 Å². The van der Waals surface area contributed by atoms with E-state index < -0.39 is 0 Å². The average molecular weight is 356 g/mol. The van der Waals surface area contributed by atoms with Crippen molar-refractivity contribution in [1.82, 2.24) is 4.90 Å². The van der Waals surface area contributed by atoms with E-state index in [1.54, 1.807) is 0 Å². The monoisotopic (exact) mass is 355 g/mol. The zero-order valence-electron chi connectivity index (χ0n) is 15.4. The second-order valence-corrected chi connectivity index (χ2v) is 7.21. The molecule has 0 aliphatic rings. The highest BCUT2D eigenvalue weighted by atomic mass is 35.5. The summed E-state index contributed by atoms with van der Waals surface area (Å²) in [6, 6.07) is 17.8. The fourth-order valence-electron chi connectivity index (χ4n) is 2.88. The molecule has 0 amide bonds. The summed E-state index contributed by atoms with van der Waals surface area (Å²) in [6.45, 7) is 9.26. The van der Waals surface area contributed by atoms with Gasteiger partial charge in [-0.1, -0.05) is 54.1 Å². The van der Waals surface area contributed by atoms with Gasteiger partial charge in [-0.2, -0.15) is 0 Å². The minimum absolute atomic E-state index is 0.0712. The highest BCUT2D eigenvalue weighted by molar-refractivity contribution is 6.30. The Labute approximate surface area is 156 Å². The summed E-state index contributed by atoms with van der Waals surface area (Å²) >= 11 is 5.98. The Balaban J connectivity index is 2.40. The summed E-state index contributed by atoms with van der Waals surface area (Å²) in [5, 5.41) is 0.694. The summed E-state index contributed by atoms with van der Waals surface area (Å²) in [4.78, 5) is 15.4. The summed E-state index contributed by atoms with van der Waals surface area (Å²) in [5.74, 6) is 0.0712. The second kappa shape index (κ2) is 8.98. The van der Waals surface area contributed by atoms with E-state index in [2.05, 4.69) is 32.6 Å². The lowest BCUT2D eigenvalue weighted by Gasteiger charge is -2.31. The lowest BCUT2D eigenvalue weighted by Crippen LogP contribution is -2.39. The number of Topliss-reactive ketones (excluding diaryl/α,β-unsaturated/α-hetero) is 1. The Morgan fingerprint density at radius 3 is 2.04 bits per heavy atom. The van der Waals surface area contributed by atoms with Crippen LogP contribution in [0.5, 0.6) is 0 Å². The van der Waals surface area contributed by atoms with E-state index >= 15 is 0 Å². The molecule has 132 valence electrons. The maximum absolute atomic E-state index is 13.1. The molecular weight excluding hydrogens is 330 g/mol. The van der Waals surface area contributed by atoms with Gasteiger partial charge in [-0.05, 0) is 51.5 Å². The third-order valence-electron chi connectivity index (χ3n) is 4.22. The highest BCUT2D eigenvalue weighted by Crippen LogP contribution is 2.18. The van der Waals surface area contributed by atoms with E-state index in [1.165, 1.54) is 0 Å². The maximum atomic E-state index is 13.1. The summed E-state index contributed by atoms with van der Waals surface area (Å²) in [5.41, 5.74) is 2.49. The molecule has 0 atom stereocenters. The number of benzene rings is 2. The minimum atomic E-state index is 0.0712. The molecule has 3 heteroatoms. The van der Waals surface area contributed by atoms with Crippen LogP contribution in [0.2, 0.25) is 5.02 Å². The number of carbonyl (C=O) groups is 1. The summed E-state index contributed by atoms with van der Waals surface area (Å²) < 4.78 is 0. The highest BCUT2D eigenvalue weighted by Gasteiger charge is 2.20. The molecule has 25 heavy (non-hydrogen) atoms. The lowest BCUT2D eigenvalue weighted by molar-refractivity contribution is 0.101. The zero-order chi connectivity index (χ0) is 18.4. The van der Waals surface area contributed by atoms with Crippen LogP contribution in [0.25, 0.3) is 6.08 Å². The van der Waals surface area contributed by atoms with E-state index in [4.69, 9.17) is 11.6 Å². The van der Waals surface area contributed by atoms with Crippen LogP contribution in [-0.2, 0) is 0 Å². The van der Waals surface area contributed by atoms with E-state index in [9.17, 15) is 4.79 Å². The minimum Gasteiger partial charge on any atom is -0.294 e. The largest absolute Gasteiger partial charge is 0.294 e. The third-order valence-corrected chi connectivity index (χ3v) is 4.47. The molecule has 0 aliphatic carbocycles. The molecule has 0 radical (unpaired) electrons. The van der Waals surface area contributed by atoms with Crippen LogP contribution >= 0.6 is 11.6 Å². The molecule has 0 saturated heterocycles. The van der Waals surface area contributed by atoms with Crippen LogP contribution in [0.3, 0.4) is 0 Å². The first-order valence-electron chi connectivity index (χ1n) is 8.70. The average Bonchev–Trinajstić information content (AvgIpc) is 2.59. The predicted octanol–water partition coefficient (Wildman–Crippen LogP) is 5.73. The van der Waals surface area contributed by atoms with Gasteiger partial charge in [0, 0.05) is 34.8 Å². The Bertz CT molecular complexity index is 709. The van der Waals surface area contributed by atoms with Crippen LogP contribution < -0.4 is 0 Å². The molecule has 2 rings (SSSR count). The van der Waals surface area contributed by atoms with Crippen molar-refractivity contribution in [3.63, 3.8) is 0 Å². The van der Waals surface area contributed by atoms with Gasteiger partial charge in [0.1, 0.15) is 0 Å². The quantitative estimate of drug-likeness (QED) is 0.467. The molecule has 0 heterocycles. The predicted molar refractivity (Wildman–Crippen MR) is 107 cm³/mol. The Kier molecular flexibility index (Phi) is 6.98. The second-order valence-electron chi connectivity index (χ2n) is 6.78. The molecule has 0 N–H and O–H groups in total. The van der Waals surface area contributed by atoms with Crippen LogP contribution in [0, 0.1) is 0 Å². The van der Waals surface area contributed by atoms with Crippen LogP contribution in [0.15, 0.2) is 60.2 Å². The SMILES string of the molecule is CC(C)N(C/C(=C\c1ccc(Cl)cc1)C(=O)c1ccccc1)C(C)C. The van der Waals surface area contributed by atoms with E-state index in [0.29, 0.717) is 23.7 Å². The van der Waals surface area contributed by atoms with Gasteiger partial charge in [-0.25, -0.2) is 0 Å². The lowest BCUT2D eigenvalue weighted by atomic mass is 9.99. The smallest absolute Gasteiger partial charge is 0.190 e. The number of rotatable bonds is 7. The van der Waals surface area contributed by atoms with Gasteiger partial charge in [0.25, 0.3) is 0 Å². The molecule has 0 fully saturated rings. The topological polar surface area (TPSA) is 20.3 Å². The molecule has 0 bridgehead atoms. The van der Waals surface area contributed by atoms with Crippen molar-refractivity contribution in [2.75, 3.05) is 6.54 Å². The normalized spacial score (nSPS) is 12.2. The number of ketones is 1. The molecule has 2 nitrogen and oxygen atoms in total. The van der Waals surface area contributed by atoms with Crippen molar-refractivity contribution in [3.05, 3.63) is 76.3 Å². The Hall–Kier alpha value is -1.90. The molecule has 0 unspecified atom stereocenters. The van der Waals surface area contributed by atoms with Gasteiger partial charge in [-0.3, -0.25) is 9.69 Å². The van der Waals surface area contributed by atoms with Crippen molar-refractivity contribution in [2.45, 2.75) is 39.8 Å². The van der Waals surface area contributed by atoms with Gasteiger partial charge in [0.05, 0.1) is 0 Å². The van der Waals surface area contributed by atoms with Crippen molar-refractivity contribution in [1.29, 1.82) is 0 Å². The number of carbonyl (C=O) groups excluding carboxylic acids is 1. The van der Waals surface area contributed by atoms with Gasteiger partial charge >= 0.3 is 0 Å². The number of hydrogen-bond donors (Lipinski definition) is 0. The molecule has 0 saturated carbocycles. The fraction of sp³-hybridized carbons (Fsp3) is 0.318. The van der Waals surface area contributed by atoms with Crippen molar-refractivity contribution in [3.8, 4) is 0 Å². The molecule has 0 aliphatic heterocycles. The first-order valence-corrected chi connectivity index (χ1v) is 9.08. The number of nitrogens with zero attached hydrogens (tertiary/aromatic N) is 1. The van der Waals surface area contributed by atoms with Gasteiger partial charge in [-0.15, -0.1) is 0 Å². The van der Waals surface area contributed by atoms with Crippen molar-refractivity contribution >= 4 is 23.5 Å². The molecule has 0 aromatic heterocycles. The van der Waals surface area contributed by atoms with Crippen molar-refractivity contribution in [2.24, 2.45) is 0 Å². The van der Waals surface area contributed by atoms with Crippen LogP contribution in [-0.4, -0.2) is 29.3 Å². The van der Waals surface area contributed by atoms with Crippen molar-refractivity contribution < 1.29 is 4.79 Å². The Morgan fingerprint density at radius 2 is 1.52 bits per heavy atom. The molecule has 0 spiro atoms. The van der Waals surface area contributed by atoms with E-state index in [0.717, 1.165) is 16.7 Å². The Morgan fingerprint density at radius 1 is 0.960 bits per heavy atom. The summed E-state index contributed by atoms with van der Waals surface area (Å²) in [6.07, 6.45) is 1.98. The number of halogens is 1. The zero-order valence-corrected chi connectivity index (χ0v) is 16.1. The standard InChI is InChI=1S/C22H26ClNO/c1-16(2)24(17(3)4)15-20(14-18-10-12-21(23)13-11-18)22(25)19-8-6-5-7-9-19/h5-14,16-17H,15H2,1-4H3/b20-14+. The molecule has 2 aromatic rings. The molecule has 2 aromatic carbocycles. The third kappa shape index (κ3) is 5.55. The number of hydrogen-bond acceptors (Lipinski definition) is 2. The van der Waals surface area contributed by atoms with Gasteiger partial charge in [0.15, 0.2) is 5.78 Å². The maximum Gasteiger partial charge on any atom is 0.190 e. The van der Waals surface area contributed by atoms with Gasteiger partial charge < -0.3 is 0 Å². The first kappa shape index (κ1) is 19.4.